The predicted octanol–water partition coefficient (Wildman–Crippen LogP) is 5.66. The monoisotopic (exact) mass is 455 g/mol. The Balaban J connectivity index is 1.82. The van der Waals surface area contributed by atoms with Gasteiger partial charge in [0.05, 0.1) is 12.7 Å². The fourth-order valence-electron chi connectivity index (χ4n) is 2.98. The van der Waals surface area contributed by atoms with Gasteiger partial charge in [-0.2, -0.15) is 0 Å². The number of hydrogen-bond acceptors (Lipinski definition) is 4. The third-order valence-electron chi connectivity index (χ3n) is 4.49. The Morgan fingerprint density at radius 3 is 2.52 bits per heavy atom. The zero-order chi connectivity index (χ0) is 20.8. The quantitative estimate of drug-likeness (QED) is 0.458. The van der Waals surface area contributed by atoms with Crippen LogP contribution in [0.5, 0.6) is 11.5 Å². The first kappa shape index (κ1) is 20.7. The van der Waals surface area contributed by atoms with Gasteiger partial charge in [-0.1, -0.05) is 46.3 Å². The zero-order valence-electron chi connectivity index (χ0n) is 16.2. The topological polar surface area (TPSA) is 67.8 Å². The lowest BCUT2D eigenvalue weighted by Gasteiger charge is -2.17. The molecule has 5 nitrogen and oxygen atoms in total. The molecule has 0 atom stereocenters. The molecule has 0 bridgehead atoms. The molecule has 0 saturated carbocycles. The second-order valence-electron chi connectivity index (χ2n) is 6.56. The molecule has 0 radical (unpaired) electrons. The van der Waals surface area contributed by atoms with Gasteiger partial charge in [0.15, 0.2) is 11.5 Å². The van der Waals surface area contributed by atoms with E-state index in [4.69, 9.17) is 14.6 Å². The molecule has 0 aromatic heterocycles. The molecule has 0 aliphatic heterocycles. The summed E-state index contributed by atoms with van der Waals surface area (Å²) in [5.41, 5.74) is 3.98. The van der Waals surface area contributed by atoms with E-state index in [1.54, 1.807) is 25.3 Å². The number of aryl methyl sites for hydroxylation is 1. The van der Waals surface area contributed by atoms with Crippen LogP contribution in [0.3, 0.4) is 0 Å². The van der Waals surface area contributed by atoms with Gasteiger partial charge in [-0.15, -0.1) is 0 Å². The SMILES string of the molecule is COc1cc(Br)cc(CNc2ccc(C(=O)O)cc2C)c1OCc1ccccc1. The minimum atomic E-state index is -0.937. The van der Waals surface area contributed by atoms with E-state index in [0.717, 1.165) is 26.9 Å². The number of anilines is 1. The van der Waals surface area contributed by atoms with Gasteiger partial charge in [0, 0.05) is 22.3 Å². The number of ether oxygens (including phenoxy) is 2. The minimum absolute atomic E-state index is 0.268. The van der Waals surface area contributed by atoms with Crippen LogP contribution in [0.1, 0.15) is 27.0 Å². The molecule has 0 spiro atoms. The van der Waals surface area contributed by atoms with E-state index in [0.29, 0.717) is 24.7 Å². The highest BCUT2D eigenvalue weighted by molar-refractivity contribution is 9.10. The van der Waals surface area contributed by atoms with Crippen LogP contribution in [0.25, 0.3) is 0 Å². The lowest BCUT2D eigenvalue weighted by Crippen LogP contribution is -2.07. The Labute approximate surface area is 178 Å². The Bertz CT molecular complexity index is 1010. The summed E-state index contributed by atoms with van der Waals surface area (Å²) in [6, 6.07) is 18.8. The lowest BCUT2D eigenvalue weighted by molar-refractivity contribution is 0.0697. The van der Waals surface area contributed by atoms with Gasteiger partial charge in [0.1, 0.15) is 6.61 Å². The smallest absolute Gasteiger partial charge is 0.335 e. The van der Waals surface area contributed by atoms with E-state index in [-0.39, 0.29) is 5.56 Å². The van der Waals surface area contributed by atoms with Crippen LogP contribution in [-0.2, 0) is 13.2 Å². The molecule has 0 aliphatic carbocycles. The van der Waals surface area contributed by atoms with Gasteiger partial charge < -0.3 is 19.9 Å². The van der Waals surface area contributed by atoms with Crippen LogP contribution in [0, 0.1) is 6.92 Å². The molecule has 0 fully saturated rings. The van der Waals surface area contributed by atoms with Crippen molar-refractivity contribution < 1.29 is 19.4 Å². The van der Waals surface area contributed by atoms with Crippen LogP contribution in [0.4, 0.5) is 5.69 Å². The Kier molecular flexibility index (Phi) is 6.77. The number of carboxylic acids is 1. The average Bonchev–Trinajstić information content (AvgIpc) is 2.72. The first-order valence-electron chi connectivity index (χ1n) is 9.09. The third kappa shape index (κ3) is 5.29. The number of rotatable bonds is 8. The highest BCUT2D eigenvalue weighted by atomic mass is 79.9. The summed E-state index contributed by atoms with van der Waals surface area (Å²) >= 11 is 3.52. The van der Waals surface area contributed by atoms with Gasteiger partial charge in [-0.05, 0) is 48.4 Å². The third-order valence-corrected chi connectivity index (χ3v) is 4.94. The Morgan fingerprint density at radius 2 is 1.86 bits per heavy atom. The van der Waals surface area contributed by atoms with E-state index >= 15 is 0 Å². The molecule has 0 saturated heterocycles. The van der Waals surface area contributed by atoms with E-state index in [9.17, 15) is 4.79 Å². The summed E-state index contributed by atoms with van der Waals surface area (Å²) in [5, 5.41) is 12.5. The summed E-state index contributed by atoms with van der Waals surface area (Å²) in [6.07, 6.45) is 0. The van der Waals surface area contributed by atoms with Crippen LogP contribution >= 0.6 is 15.9 Å². The van der Waals surface area contributed by atoms with E-state index in [2.05, 4.69) is 21.2 Å². The predicted molar refractivity (Wildman–Crippen MR) is 117 cm³/mol. The van der Waals surface area contributed by atoms with Crippen LogP contribution < -0.4 is 14.8 Å². The van der Waals surface area contributed by atoms with Crippen molar-refractivity contribution in [2.75, 3.05) is 12.4 Å². The second kappa shape index (κ2) is 9.47. The molecule has 6 heteroatoms. The van der Waals surface area contributed by atoms with Gasteiger partial charge in [-0.25, -0.2) is 4.79 Å². The highest BCUT2D eigenvalue weighted by Gasteiger charge is 2.14. The molecular weight excluding hydrogens is 434 g/mol. The number of nitrogens with one attached hydrogen (secondary N) is 1. The van der Waals surface area contributed by atoms with Crippen molar-refractivity contribution >= 4 is 27.6 Å². The standard InChI is InChI=1S/C23H22BrNO4/c1-15-10-17(23(26)27)8-9-20(15)25-13-18-11-19(24)12-21(28-2)22(18)29-14-16-6-4-3-5-7-16/h3-12,25H,13-14H2,1-2H3,(H,26,27). The van der Waals surface area contributed by atoms with Crippen molar-refractivity contribution in [2.45, 2.75) is 20.1 Å². The largest absolute Gasteiger partial charge is 0.493 e. The number of carbonyl (C=O) groups is 1. The maximum atomic E-state index is 11.1. The van der Waals surface area contributed by atoms with Crippen LogP contribution in [0.15, 0.2) is 65.1 Å². The molecule has 3 rings (SSSR count). The summed E-state index contributed by atoms with van der Waals surface area (Å²) in [7, 11) is 1.61. The number of benzene rings is 3. The van der Waals surface area contributed by atoms with Crippen molar-refractivity contribution in [1.82, 2.24) is 0 Å². The van der Waals surface area contributed by atoms with Crippen molar-refractivity contribution in [3.8, 4) is 11.5 Å². The molecule has 3 aromatic rings. The molecular formula is C23H22BrNO4. The molecule has 0 unspecified atom stereocenters. The first-order valence-corrected chi connectivity index (χ1v) is 9.88. The van der Waals surface area contributed by atoms with Crippen molar-refractivity contribution in [2.24, 2.45) is 0 Å². The Hall–Kier alpha value is -2.99. The summed E-state index contributed by atoms with van der Waals surface area (Å²) in [5.74, 6) is 0.380. The molecule has 2 N–H and O–H groups in total. The molecule has 3 aromatic carbocycles. The minimum Gasteiger partial charge on any atom is -0.493 e. The van der Waals surface area contributed by atoms with E-state index in [1.807, 2.05) is 49.4 Å². The number of aromatic carboxylic acids is 1. The maximum absolute atomic E-state index is 11.1. The second-order valence-corrected chi connectivity index (χ2v) is 7.47. The maximum Gasteiger partial charge on any atom is 0.335 e. The van der Waals surface area contributed by atoms with Gasteiger partial charge in [0.2, 0.25) is 0 Å². The number of halogens is 1. The Morgan fingerprint density at radius 1 is 1.10 bits per heavy atom. The fraction of sp³-hybridized carbons (Fsp3) is 0.174. The molecule has 0 heterocycles. The average molecular weight is 456 g/mol. The fourth-order valence-corrected chi connectivity index (χ4v) is 3.47. The van der Waals surface area contributed by atoms with Gasteiger partial charge in [-0.3, -0.25) is 0 Å². The van der Waals surface area contributed by atoms with Crippen LogP contribution in [0.2, 0.25) is 0 Å². The van der Waals surface area contributed by atoms with Crippen molar-refractivity contribution in [3.63, 3.8) is 0 Å². The van der Waals surface area contributed by atoms with Crippen LogP contribution in [-0.4, -0.2) is 18.2 Å². The number of carboxylic acid groups (broad SMARTS) is 1. The van der Waals surface area contributed by atoms with Gasteiger partial charge >= 0.3 is 5.97 Å². The molecule has 0 amide bonds. The molecule has 150 valence electrons. The summed E-state index contributed by atoms with van der Waals surface area (Å²) < 4.78 is 12.5. The zero-order valence-corrected chi connectivity index (χ0v) is 17.8. The first-order chi connectivity index (χ1) is 14.0. The van der Waals surface area contributed by atoms with Crippen molar-refractivity contribution in [1.29, 1.82) is 0 Å². The normalized spacial score (nSPS) is 10.4. The lowest BCUT2D eigenvalue weighted by atomic mass is 10.1. The number of hydrogen-bond donors (Lipinski definition) is 2. The molecule has 0 aliphatic rings. The number of methoxy groups -OCH3 is 1. The highest BCUT2D eigenvalue weighted by Crippen LogP contribution is 2.36. The van der Waals surface area contributed by atoms with Crippen molar-refractivity contribution in [3.05, 3.63) is 87.4 Å². The summed E-state index contributed by atoms with van der Waals surface area (Å²) in [6.45, 7) is 2.80. The molecule has 29 heavy (non-hydrogen) atoms. The van der Waals surface area contributed by atoms with E-state index < -0.39 is 5.97 Å². The van der Waals surface area contributed by atoms with E-state index in [1.165, 1.54) is 0 Å². The van der Waals surface area contributed by atoms with Gasteiger partial charge in [0.25, 0.3) is 0 Å². The summed E-state index contributed by atoms with van der Waals surface area (Å²) in [4.78, 5) is 11.1.